The molecule has 1 aromatic heterocycles. The average molecular weight is 238 g/mol. The predicted molar refractivity (Wildman–Crippen MR) is 59.4 cm³/mol. The SMILES string of the molecule is CN(Cc1ccncc1)C(CC(=O)O)C(=O)O. The number of aromatic nitrogens is 1. The van der Waals surface area contributed by atoms with Gasteiger partial charge in [0.15, 0.2) is 0 Å². The van der Waals surface area contributed by atoms with Crippen LogP contribution in [0.25, 0.3) is 0 Å². The molecule has 0 aliphatic heterocycles. The highest BCUT2D eigenvalue weighted by molar-refractivity contribution is 5.80. The standard InChI is InChI=1S/C11H14N2O4/c1-13(7-8-2-4-12-5-3-8)9(11(16)17)6-10(14)15/h2-5,9H,6-7H2,1H3,(H,14,15)(H,16,17). The molecule has 6 heteroatoms. The third-order valence-electron chi connectivity index (χ3n) is 2.37. The molecule has 1 rings (SSSR count). The Bertz CT molecular complexity index is 394. The summed E-state index contributed by atoms with van der Waals surface area (Å²) >= 11 is 0. The maximum Gasteiger partial charge on any atom is 0.321 e. The number of rotatable bonds is 6. The van der Waals surface area contributed by atoms with Crippen molar-refractivity contribution in [3.8, 4) is 0 Å². The topological polar surface area (TPSA) is 90.7 Å². The first kappa shape index (κ1) is 13.1. The third kappa shape index (κ3) is 4.20. The van der Waals surface area contributed by atoms with E-state index in [9.17, 15) is 9.59 Å². The second-order valence-corrected chi connectivity index (χ2v) is 3.72. The van der Waals surface area contributed by atoms with Crippen molar-refractivity contribution in [1.82, 2.24) is 9.88 Å². The van der Waals surface area contributed by atoms with E-state index < -0.39 is 24.4 Å². The van der Waals surface area contributed by atoms with Gasteiger partial charge in [0.25, 0.3) is 0 Å². The molecule has 1 atom stereocenters. The Morgan fingerprint density at radius 2 is 1.94 bits per heavy atom. The highest BCUT2D eigenvalue weighted by atomic mass is 16.4. The van der Waals surface area contributed by atoms with Gasteiger partial charge < -0.3 is 10.2 Å². The van der Waals surface area contributed by atoms with Crippen molar-refractivity contribution >= 4 is 11.9 Å². The Morgan fingerprint density at radius 1 is 1.35 bits per heavy atom. The lowest BCUT2D eigenvalue weighted by atomic mass is 10.1. The zero-order valence-corrected chi connectivity index (χ0v) is 9.41. The van der Waals surface area contributed by atoms with Crippen molar-refractivity contribution in [2.24, 2.45) is 0 Å². The van der Waals surface area contributed by atoms with Gasteiger partial charge in [-0.2, -0.15) is 0 Å². The molecular weight excluding hydrogens is 224 g/mol. The smallest absolute Gasteiger partial charge is 0.321 e. The van der Waals surface area contributed by atoms with E-state index in [2.05, 4.69) is 4.98 Å². The van der Waals surface area contributed by atoms with E-state index >= 15 is 0 Å². The fraction of sp³-hybridized carbons (Fsp3) is 0.364. The average Bonchev–Trinajstić information content (AvgIpc) is 2.26. The molecule has 0 aromatic carbocycles. The molecule has 0 spiro atoms. The molecule has 0 fully saturated rings. The quantitative estimate of drug-likeness (QED) is 0.747. The highest BCUT2D eigenvalue weighted by Gasteiger charge is 2.25. The van der Waals surface area contributed by atoms with Gasteiger partial charge in [0, 0.05) is 18.9 Å². The van der Waals surface area contributed by atoms with Gasteiger partial charge >= 0.3 is 11.9 Å². The Hall–Kier alpha value is -1.95. The van der Waals surface area contributed by atoms with Crippen molar-refractivity contribution in [2.75, 3.05) is 7.05 Å². The van der Waals surface area contributed by atoms with Crippen LogP contribution in [0.1, 0.15) is 12.0 Å². The third-order valence-corrected chi connectivity index (χ3v) is 2.37. The second kappa shape index (κ2) is 5.95. The van der Waals surface area contributed by atoms with Gasteiger partial charge in [0.2, 0.25) is 0 Å². The molecule has 0 bridgehead atoms. The van der Waals surface area contributed by atoms with Crippen LogP contribution < -0.4 is 0 Å². The maximum absolute atomic E-state index is 10.9. The molecule has 0 saturated heterocycles. The van der Waals surface area contributed by atoms with Crippen LogP contribution in [0.15, 0.2) is 24.5 Å². The van der Waals surface area contributed by atoms with Gasteiger partial charge in [0.1, 0.15) is 6.04 Å². The largest absolute Gasteiger partial charge is 0.481 e. The maximum atomic E-state index is 10.9. The molecule has 2 N–H and O–H groups in total. The summed E-state index contributed by atoms with van der Waals surface area (Å²) in [7, 11) is 1.59. The van der Waals surface area contributed by atoms with Gasteiger partial charge in [-0.15, -0.1) is 0 Å². The molecular formula is C11H14N2O4. The van der Waals surface area contributed by atoms with E-state index in [1.807, 2.05) is 0 Å². The van der Waals surface area contributed by atoms with Gasteiger partial charge in [-0.05, 0) is 24.7 Å². The summed E-state index contributed by atoms with van der Waals surface area (Å²) in [6.45, 7) is 0.368. The molecule has 92 valence electrons. The lowest BCUT2D eigenvalue weighted by Crippen LogP contribution is -2.39. The first-order valence-electron chi connectivity index (χ1n) is 5.04. The molecule has 0 aliphatic carbocycles. The van der Waals surface area contributed by atoms with E-state index in [0.29, 0.717) is 6.54 Å². The number of carboxylic acid groups (broad SMARTS) is 2. The molecule has 17 heavy (non-hydrogen) atoms. The summed E-state index contributed by atoms with van der Waals surface area (Å²) in [5, 5.41) is 17.6. The lowest BCUT2D eigenvalue weighted by molar-refractivity contribution is -0.149. The number of carboxylic acids is 2. The molecule has 0 radical (unpaired) electrons. The van der Waals surface area contributed by atoms with E-state index in [1.165, 1.54) is 4.90 Å². The van der Waals surface area contributed by atoms with Crippen LogP contribution in [0.4, 0.5) is 0 Å². The molecule has 1 aromatic rings. The first-order chi connectivity index (χ1) is 8.00. The summed E-state index contributed by atoms with van der Waals surface area (Å²) in [6.07, 6.45) is 2.79. The number of carbonyl (C=O) groups is 2. The molecule has 1 heterocycles. The zero-order valence-electron chi connectivity index (χ0n) is 9.41. The monoisotopic (exact) mass is 238 g/mol. The van der Waals surface area contributed by atoms with Gasteiger partial charge in [-0.25, -0.2) is 0 Å². The minimum absolute atomic E-state index is 0.368. The number of aliphatic carboxylic acids is 2. The summed E-state index contributed by atoms with van der Waals surface area (Å²) in [5.41, 5.74) is 0.888. The fourth-order valence-corrected chi connectivity index (χ4v) is 1.48. The van der Waals surface area contributed by atoms with E-state index in [-0.39, 0.29) is 0 Å². The van der Waals surface area contributed by atoms with Crippen LogP contribution in [-0.2, 0) is 16.1 Å². The van der Waals surface area contributed by atoms with E-state index in [0.717, 1.165) is 5.56 Å². The lowest BCUT2D eigenvalue weighted by Gasteiger charge is -2.23. The van der Waals surface area contributed by atoms with E-state index in [1.54, 1.807) is 31.6 Å². The number of pyridine rings is 1. The normalized spacial score (nSPS) is 12.4. The van der Waals surface area contributed by atoms with Crippen LogP contribution in [0.2, 0.25) is 0 Å². The van der Waals surface area contributed by atoms with Crippen molar-refractivity contribution in [3.05, 3.63) is 30.1 Å². The molecule has 6 nitrogen and oxygen atoms in total. The van der Waals surface area contributed by atoms with Crippen molar-refractivity contribution in [1.29, 1.82) is 0 Å². The van der Waals surface area contributed by atoms with Crippen LogP contribution in [-0.4, -0.2) is 45.1 Å². The number of hydrogen-bond acceptors (Lipinski definition) is 4. The molecule has 0 amide bonds. The van der Waals surface area contributed by atoms with Gasteiger partial charge in [-0.1, -0.05) is 0 Å². The summed E-state index contributed by atoms with van der Waals surface area (Å²) in [4.78, 5) is 26.9. The highest BCUT2D eigenvalue weighted by Crippen LogP contribution is 2.08. The number of hydrogen-bond donors (Lipinski definition) is 2. The Balaban J connectivity index is 2.68. The molecule has 1 unspecified atom stereocenters. The molecule has 0 aliphatic rings. The van der Waals surface area contributed by atoms with E-state index in [4.69, 9.17) is 10.2 Å². The van der Waals surface area contributed by atoms with Crippen LogP contribution >= 0.6 is 0 Å². The van der Waals surface area contributed by atoms with Gasteiger partial charge in [-0.3, -0.25) is 19.5 Å². The Morgan fingerprint density at radius 3 is 2.41 bits per heavy atom. The summed E-state index contributed by atoms with van der Waals surface area (Å²) in [6, 6.07) is 2.49. The van der Waals surface area contributed by atoms with Crippen LogP contribution in [0.5, 0.6) is 0 Å². The molecule has 0 saturated carbocycles. The minimum atomic E-state index is -1.14. The van der Waals surface area contributed by atoms with Crippen molar-refractivity contribution in [3.63, 3.8) is 0 Å². The first-order valence-corrected chi connectivity index (χ1v) is 5.04. The van der Waals surface area contributed by atoms with Crippen LogP contribution in [0, 0.1) is 0 Å². The number of likely N-dealkylation sites (N-methyl/N-ethyl adjacent to an activating group) is 1. The minimum Gasteiger partial charge on any atom is -0.481 e. The number of nitrogens with zero attached hydrogens (tertiary/aromatic N) is 2. The zero-order chi connectivity index (χ0) is 12.8. The van der Waals surface area contributed by atoms with Crippen LogP contribution in [0.3, 0.4) is 0 Å². The second-order valence-electron chi connectivity index (χ2n) is 3.72. The summed E-state index contributed by atoms with van der Waals surface area (Å²) in [5.74, 6) is -2.26. The fourth-order valence-electron chi connectivity index (χ4n) is 1.48. The van der Waals surface area contributed by atoms with Crippen molar-refractivity contribution in [2.45, 2.75) is 19.0 Å². The Kier molecular flexibility index (Phi) is 4.59. The van der Waals surface area contributed by atoms with Gasteiger partial charge in [0.05, 0.1) is 6.42 Å². The predicted octanol–water partition coefficient (Wildman–Crippen LogP) is 0.441. The summed E-state index contributed by atoms with van der Waals surface area (Å²) < 4.78 is 0. The van der Waals surface area contributed by atoms with Crippen molar-refractivity contribution < 1.29 is 19.8 Å². The Labute approximate surface area is 98.5 Å².